The van der Waals surface area contributed by atoms with Crippen LogP contribution in [0.15, 0.2) is 24.8 Å². The maximum absolute atomic E-state index is 12.8. The minimum absolute atomic E-state index is 0.00156. The van der Waals surface area contributed by atoms with Gasteiger partial charge in [0, 0.05) is 45.3 Å². The van der Waals surface area contributed by atoms with E-state index < -0.39 is 0 Å². The Morgan fingerprint density at radius 3 is 2.92 bits per heavy atom. The summed E-state index contributed by atoms with van der Waals surface area (Å²) in [5.74, 6) is 0.848. The number of carbonyl (C=O) groups is 1. The van der Waals surface area contributed by atoms with E-state index in [2.05, 4.69) is 20.0 Å². The first-order valence-electron chi connectivity index (χ1n) is 8.07. The number of carbonyl (C=O) groups excluding carboxylic acids is 1. The Bertz CT molecular complexity index is 746. The molecule has 8 heteroatoms. The first kappa shape index (κ1) is 15.1. The predicted molar refractivity (Wildman–Crippen MR) is 86.8 cm³/mol. The van der Waals surface area contributed by atoms with Crippen LogP contribution in [0.4, 0.5) is 5.82 Å². The zero-order valence-corrected chi connectivity index (χ0v) is 13.8. The smallest absolute Gasteiger partial charge is 0.257 e. The number of likely N-dealkylation sites (tertiary alicyclic amines) is 1. The van der Waals surface area contributed by atoms with Gasteiger partial charge in [0.2, 0.25) is 0 Å². The lowest BCUT2D eigenvalue weighted by atomic mass is 10.1. The second kappa shape index (κ2) is 5.86. The van der Waals surface area contributed by atoms with Gasteiger partial charge >= 0.3 is 0 Å². The molecule has 24 heavy (non-hydrogen) atoms. The molecule has 0 unspecified atom stereocenters. The Hall–Kier alpha value is -2.48. The van der Waals surface area contributed by atoms with Gasteiger partial charge in [0.05, 0.1) is 36.2 Å². The van der Waals surface area contributed by atoms with Gasteiger partial charge in [-0.25, -0.2) is 4.98 Å². The van der Waals surface area contributed by atoms with Crippen LogP contribution in [-0.2, 0) is 11.8 Å². The normalized spacial score (nSPS) is 23.4. The minimum Gasteiger partial charge on any atom is -0.372 e. The highest BCUT2D eigenvalue weighted by atomic mass is 16.5. The Labute approximate surface area is 140 Å². The summed E-state index contributed by atoms with van der Waals surface area (Å²) in [5, 5.41) is 4.27. The molecule has 2 aromatic heterocycles. The van der Waals surface area contributed by atoms with Crippen molar-refractivity contribution in [2.24, 2.45) is 7.05 Å². The molecule has 0 N–H and O–H groups in total. The molecule has 0 aliphatic carbocycles. The van der Waals surface area contributed by atoms with Crippen LogP contribution >= 0.6 is 0 Å². The van der Waals surface area contributed by atoms with Crippen molar-refractivity contribution in [1.82, 2.24) is 24.6 Å². The molecule has 1 amide bonds. The van der Waals surface area contributed by atoms with Crippen LogP contribution in [0, 0.1) is 6.92 Å². The number of nitrogens with zero attached hydrogens (tertiary/aromatic N) is 6. The molecule has 2 saturated heterocycles. The van der Waals surface area contributed by atoms with E-state index in [1.807, 2.05) is 18.9 Å². The van der Waals surface area contributed by atoms with Gasteiger partial charge in [-0.15, -0.1) is 0 Å². The van der Waals surface area contributed by atoms with Crippen molar-refractivity contribution >= 4 is 11.7 Å². The molecular weight excluding hydrogens is 308 g/mol. The number of hydrogen-bond acceptors (Lipinski definition) is 6. The molecule has 0 aromatic carbocycles. The SMILES string of the molecule is Cc1nn(C)cc1C(=O)N1C[C@@H]2OCCN(c3cnccn3)[C@H]2C1. The van der Waals surface area contributed by atoms with Crippen molar-refractivity contribution in [3.05, 3.63) is 36.0 Å². The average molecular weight is 328 g/mol. The number of fused-ring (bicyclic) bond motifs is 1. The predicted octanol–water partition coefficient (Wildman–Crippen LogP) is 0.248. The molecule has 0 bridgehead atoms. The maximum atomic E-state index is 12.8. The number of aromatic nitrogens is 4. The molecule has 0 spiro atoms. The number of anilines is 1. The number of rotatable bonds is 2. The fourth-order valence-corrected chi connectivity index (χ4v) is 3.56. The van der Waals surface area contributed by atoms with E-state index in [1.165, 1.54) is 0 Å². The van der Waals surface area contributed by atoms with Crippen molar-refractivity contribution in [2.45, 2.75) is 19.1 Å². The average Bonchev–Trinajstić information content (AvgIpc) is 3.17. The second-order valence-electron chi connectivity index (χ2n) is 6.25. The number of ether oxygens (including phenoxy) is 1. The van der Waals surface area contributed by atoms with E-state index >= 15 is 0 Å². The molecule has 4 heterocycles. The van der Waals surface area contributed by atoms with Crippen LogP contribution in [-0.4, -0.2) is 68.9 Å². The molecule has 2 fully saturated rings. The van der Waals surface area contributed by atoms with Crippen LogP contribution in [0.3, 0.4) is 0 Å². The molecule has 2 atom stereocenters. The van der Waals surface area contributed by atoms with E-state index in [0.717, 1.165) is 18.1 Å². The number of amides is 1. The van der Waals surface area contributed by atoms with Crippen LogP contribution < -0.4 is 4.90 Å². The van der Waals surface area contributed by atoms with Gasteiger partial charge in [0.1, 0.15) is 5.82 Å². The Balaban J connectivity index is 1.56. The molecule has 0 saturated carbocycles. The quantitative estimate of drug-likeness (QED) is 0.786. The van der Waals surface area contributed by atoms with Gasteiger partial charge in [-0.3, -0.25) is 14.5 Å². The third-order valence-electron chi connectivity index (χ3n) is 4.68. The van der Waals surface area contributed by atoms with Crippen molar-refractivity contribution in [1.29, 1.82) is 0 Å². The highest BCUT2D eigenvalue weighted by Crippen LogP contribution is 2.27. The van der Waals surface area contributed by atoms with Gasteiger partial charge in [0.25, 0.3) is 5.91 Å². The molecule has 2 aliphatic rings. The van der Waals surface area contributed by atoms with E-state index in [9.17, 15) is 4.79 Å². The Morgan fingerprint density at radius 2 is 2.21 bits per heavy atom. The van der Waals surface area contributed by atoms with E-state index in [-0.39, 0.29) is 18.1 Å². The lowest BCUT2D eigenvalue weighted by Gasteiger charge is -2.37. The molecule has 2 aliphatic heterocycles. The molecule has 0 radical (unpaired) electrons. The standard InChI is InChI=1S/C16H20N6O2/c1-11-12(8-20(2)19-11)16(23)21-9-13-14(10-21)24-6-5-22(13)15-7-17-3-4-18-15/h3-4,7-8,13-14H,5-6,9-10H2,1-2H3/t13-,14-/m0/s1. The first-order valence-corrected chi connectivity index (χ1v) is 8.07. The lowest BCUT2D eigenvalue weighted by Crippen LogP contribution is -2.51. The number of morpholine rings is 1. The maximum Gasteiger partial charge on any atom is 0.257 e. The van der Waals surface area contributed by atoms with Crippen molar-refractivity contribution in [2.75, 3.05) is 31.1 Å². The Morgan fingerprint density at radius 1 is 1.33 bits per heavy atom. The van der Waals surface area contributed by atoms with E-state index in [1.54, 1.807) is 29.5 Å². The number of aryl methyl sites for hydroxylation is 2. The summed E-state index contributed by atoms with van der Waals surface area (Å²) in [5.41, 5.74) is 1.41. The highest BCUT2D eigenvalue weighted by molar-refractivity contribution is 5.95. The third-order valence-corrected chi connectivity index (χ3v) is 4.68. The molecular formula is C16H20N6O2. The number of hydrogen-bond donors (Lipinski definition) is 0. The minimum atomic E-state index is 0.00156. The molecule has 4 rings (SSSR count). The summed E-state index contributed by atoms with van der Waals surface area (Å²) >= 11 is 0. The molecule has 8 nitrogen and oxygen atoms in total. The monoisotopic (exact) mass is 328 g/mol. The largest absolute Gasteiger partial charge is 0.372 e. The van der Waals surface area contributed by atoms with Gasteiger partial charge in [0.15, 0.2) is 0 Å². The lowest BCUT2D eigenvalue weighted by molar-refractivity contribution is 0.0299. The van der Waals surface area contributed by atoms with Crippen LogP contribution in [0.5, 0.6) is 0 Å². The van der Waals surface area contributed by atoms with Gasteiger partial charge < -0.3 is 14.5 Å². The highest BCUT2D eigenvalue weighted by Gasteiger charge is 2.43. The van der Waals surface area contributed by atoms with Crippen molar-refractivity contribution in [3.8, 4) is 0 Å². The van der Waals surface area contributed by atoms with E-state index in [4.69, 9.17) is 4.74 Å². The van der Waals surface area contributed by atoms with Crippen molar-refractivity contribution < 1.29 is 9.53 Å². The zero-order chi connectivity index (χ0) is 16.7. The Kier molecular flexibility index (Phi) is 3.68. The fourth-order valence-electron chi connectivity index (χ4n) is 3.56. The second-order valence-corrected chi connectivity index (χ2v) is 6.25. The van der Waals surface area contributed by atoms with Crippen molar-refractivity contribution in [3.63, 3.8) is 0 Å². The fraction of sp³-hybridized carbons (Fsp3) is 0.500. The van der Waals surface area contributed by atoms with E-state index in [0.29, 0.717) is 25.3 Å². The summed E-state index contributed by atoms with van der Waals surface area (Å²) in [6.07, 6.45) is 6.90. The summed E-state index contributed by atoms with van der Waals surface area (Å²) in [6.45, 7) is 4.46. The zero-order valence-electron chi connectivity index (χ0n) is 13.8. The van der Waals surface area contributed by atoms with Crippen LogP contribution in [0.1, 0.15) is 16.1 Å². The van der Waals surface area contributed by atoms with Gasteiger partial charge in [-0.05, 0) is 6.92 Å². The summed E-state index contributed by atoms with van der Waals surface area (Å²) in [6, 6.07) is 0.108. The third kappa shape index (κ3) is 2.52. The van der Waals surface area contributed by atoms with Gasteiger partial charge in [-0.2, -0.15) is 5.10 Å². The van der Waals surface area contributed by atoms with Crippen LogP contribution in [0.25, 0.3) is 0 Å². The summed E-state index contributed by atoms with van der Waals surface area (Å²) < 4.78 is 7.58. The summed E-state index contributed by atoms with van der Waals surface area (Å²) in [4.78, 5) is 25.4. The summed E-state index contributed by atoms with van der Waals surface area (Å²) in [7, 11) is 1.83. The molecule has 126 valence electrons. The van der Waals surface area contributed by atoms with Gasteiger partial charge in [-0.1, -0.05) is 0 Å². The van der Waals surface area contributed by atoms with Crippen LogP contribution in [0.2, 0.25) is 0 Å². The molecule has 2 aromatic rings. The topological polar surface area (TPSA) is 76.4 Å². The first-order chi connectivity index (χ1) is 11.6.